The first-order valence-corrected chi connectivity index (χ1v) is 11.9. The highest BCUT2D eigenvalue weighted by Crippen LogP contribution is 2.36. The topological polar surface area (TPSA) is 70.7 Å². The molecule has 0 saturated heterocycles. The third-order valence-corrected chi connectivity index (χ3v) is 7.53. The van der Waals surface area contributed by atoms with Crippen molar-refractivity contribution >= 4 is 11.9 Å². The average Bonchev–Trinajstić information content (AvgIpc) is 3.31. The number of hydrogen-bond donors (Lipinski definition) is 2. The van der Waals surface area contributed by atoms with E-state index >= 15 is 0 Å². The first-order chi connectivity index (χ1) is 14.5. The van der Waals surface area contributed by atoms with Crippen molar-refractivity contribution in [2.45, 2.75) is 95.2 Å². The standard InChI is InChI=1S/C25H38N4O/c1-18-8-3-4-10-20(18)14-15-25(23(30)29(2)24(26)28-25)17-19-9-7-13-22(16-19)27-21-11-5-6-12-21/h3-4,10,17-18,21-22,27H,5-9,11-16H2,1-2H3,(H2,26,28)/b19-17+/t18?,22-,25-/m1/s1. The molecule has 1 aliphatic heterocycles. The van der Waals surface area contributed by atoms with Crippen molar-refractivity contribution in [2.24, 2.45) is 16.6 Å². The van der Waals surface area contributed by atoms with Gasteiger partial charge in [-0.1, -0.05) is 49.1 Å². The van der Waals surface area contributed by atoms with E-state index in [1.165, 1.54) is 54.6 Å². The molecule has 1 amide bonds. The number of amides is 1. The number of nitrogens with two attached hydrogens (primary N) is 1. The summed E-state index contributed by atoms with van der Waals surface area (Å²) < 4.78 is 0. The summed E-state index contributed by atoms with van der Waals surface area (Å²) in [5, 5.41) is 3.89. The van der Waals surface area contributed by atoms with Crippen LogP contribution < -0.4 is 11.1 Å². The lowest BCUT2D eigenvalue weighted by atomic mass is 9.81. The average molecular weight is 411 g/mol. The second kappa shape index (κ2) is 9.09. The molecule has 2 saturated carbocycles. The van der Waals surface area contributed by atoms with Gasteiger partial charge in [0.05, 0.1) is 0 Å². The summed E-state index contributed by atoms with van der Waals surface area (Å²) in [6.07, 6.45) is 21.3. The minimum absolute atomic E-state index is 0.0259. The molecule has 0 aromatic carbocycles. The first-order valence-electron chi connectivity index (χ1n) is 11.9. The smallest absolute Gasteiger partial charge is 0.261 e. The van der Waals surface area contributed by atoms with E-state index in [0.717, 1.165) is 25.7 Å². The van der Waals surface area contributed by atoms with Gasteiger partial charge in [0.1, 0.15) is 0 Å². The van der Waals surface area contributed by atoms with E-state index < -0.39 is 5.54 Å². The van der Waals surface area contributed by atoms with Crippen LogP contribution in [0.4, 0.5) is 0 Å². The van der Waals surface area contributed by atoms with Gasteiger partial charge in [0.15, 0.2) is 11.5 Å². The molecule has 0 aromatic rings. The van der Waals surface area contributed by atoms with E-state index in [1.54, 1.807) is 7.05 Å². The van der Waals surface area contributed by atoms with Crippen LogP contribution in [0, 0.1) is 5.92 Å². The van der Waals surface area contributed by atoms with E-state index in [4.69, 9.17) is 10.7 Å². The Bertz CT molecular complexity index is 774. The fourth-order valence-electron chi connectivity index (χ4n) is 5.64. The molecule has 4 rings (SSSR count). The zero-order valence-corrected chi connectivity index (χ0v) is 18.7. The highest BCUT2D eigenvalue weighted by molar-refractivity contribution is 6.07. The molecular formula is C25H38N4O. The van der Waals surface area contributed by atoms with Gasteiger partial charge in [0.2, 0.25) is 0 Å². The number of guanidine groups is 1. The molecule has 3 atom stereocenters. The third kappa shape index (κ3) is 4.56. The number of aliphatic imine (C=N–C) groups is 1. The summed E-state index contributed by atoms with van der Waals surface area (Å²) >= 11 is 0. The summed E-state index contributed by atoms with van der Waals surface area (Å²) in [7, 11) is 1.75. The fourth-order valence-corrected chi connectivity index (χ4v) is 5.64. The maximum atomic E-state index is 13.3. The van der Waals surface area contributed by atoms with Crippen molar-refractivity contribution in [3.8, 4) is 0 Å². The van der Waals surface area contributed by atoms with Crippen molar-refractivity contribution in [1.82, 2.24) is 10.2 Å². The lowest BCUT2D eigenvalue weighted by Gasteiger charge is -2.31. The Morgan fingerprint density at radius 2 is 2.03 bits per heavy atom. The van der Waals surface area contributed by atoms with Crippen molar-refractivity contribution < 1.29 is 4.79 Å². The highest BCUT2D eigenvalue weighted by atomic mass is 16.2. The van der Waals surface area contributed by atoms with E-state index in [2.05, 4.69) is 36.5 Å². The maximum absolute atomic E-state index is 13.3. The van der Waals surface area contributed by atoms with Crippen molar-refractivity contribution in [3.05, 3.63) is 35.5 Å². The highest BCUT2D eigenvalue weighted by Gasteiger charge is 2.45. The summed E-state index contributed by atoms with van der Waals surface area (Å²) in [6.45, 7) is 2.26. The Hall–Kier alpha value is -1.88. The predicted molar refractivity (Wildman–Crippen MR) is 123 cm³/mol. The van der Waals surface area contributed by atoms with Gasteiger partial charge < -0.3 is 11.1 Å². The van der Waals surface area contributed by atoms with Gasteiger partial charge in [-0.15, -0.1) is 0 Å². The van der Waals surface area contributed by atoms with Crippen LogP contribution in [0.2, 0.25) is 0 Å². The van der Waals surface area contributed by atoms with Gasteiger partial charge in [0.25, 0.3) is 5.91 Å². The van der Waals surface area contributed by atoms with Crippen molar-refractivity contribution in [1.29, 1.82) is 0 Å². The van der Waals surface area contributed by atoms with Gasteiger partial charge in [-0.3, -0.25) is 9.69 Å². The summed E-state index contributed by atoms with van der Waals surface area (Å²) in [5.41, 5.74) is 8.07. The molecule has 0 radical (unpaired) electrons. The van der Waals surface area contributed by atoms with Crippen LogP contribution >= 0.6 is 0 Å². The second-order valence-corrected chi connectivity index (χ2v) is 9.81. The number of rotatable bonds is 6. The number of nitrogens with one attached hydrogen (secondary N) is 1. The Morgan fingerprint density at radius 3 is 2.73 bits per heavy atom. The van der Waals surface area contributed by atoms with Crippen LogP contribution in [0.1, 0.15) is 77.6 Å². The predicted octanol–water partition coefficient (Wildman–Crippen LogP) is 4.22. The molecular weight excluding hydrogens is 372 g/mol. The molecule has 3 N–H and O–H groups in total. The number of nitrogens with zero attached hydrogens (tertiary/aromatic N) is 2. The summed E-state index contributed by atoms with van der Waals surface area (Å²) in [4.78, 5) is 19.5. The summed E-state index contributed by atoms with van der Waals surface area (Å²) in [6, 6.07) is 1.22. The van der Waals surface area contributed by atoms with Crippen molar-refractivity contribution in [3.63, 3.8) is 0 Å². The molecule has 0 aromatic heterocycles. The number of likely N-dealkylation sites (N-methyl/N-ethyl adjacent to an activating group) is 1. The zero-order valence-electron chi connectivity index (χ0n) is 18.7. The second-order valence-electron chi connectivity index (χ2n) is 9.81. The molecule has 2 fully saturated rings. The molecule has 1 heterocycles. The van der Waals surface area contributed by atoms with Gasteiger partial charge in [-0.05, 0) is 69.8 Å². The molecule has 4 aliphatic rings. The molecule has 5 heteroatoms. The fraction of sp³-hybridized carbons (Fsp3) is 0.680. The number of carbonyl (C=O) groups is 1. The normalized spacial score (nSPS) is 34.0. The number of allylic oxidation sites excluding steroid dienone is 4. The zero-order chi connectivity index (χ0) is 21.1. The monoisotopic (exact) mass is 410 g/mol. The van der Waals surface area contributed by atoms with E-state index in [0.29, 0.717) is 30.4 Å². The molecule has 0 bridgehead atoms. The minimum Gasteiger partial charge on any atom is -0.369 e. The number of carbonyl (C=O) groups excluding carboxylic acids is 1. The van der Waals surface area contributed by atoms with Crippen LogP contribution in [0.3, 0.4) is 0 Å². The molecule has 1 unspecified atom stereocenters. The lowest BCUT2D eigenvalue weighted by Crippen LogP contribution is -2.42. The first kappa shape index (κ1) is 21.4. The molecule has 0 spiro atoms. The van der Waals surface area contributed by atoms with Crippen LogP contribution in [0.5, 0.6) is 0 Å². The molecule has 5 nitrogen and oxygen atoms in total. The van der Waals surface area contributed by atoms with E-state index in [-0.39, 0.29) is 5.91 Å². The van der Waals surface area contributed by atoms with E-state index in [1.807, 2.05) is 0 Å². The Labute approximate surface area is 181 Å². The SMILES string of the molecule is CC1CC=CC=C1CC[C@]1(/C=C2\CCC[C@@H](NC3CCCC3)C2)N=C(N)N(C)C1=O. The quantitative estimate of drug-likeness (QED) is 0.644. The lowest BCUT2D eigenvalue weighted by molar-refractivity contribution is -0.129. The van der Waals surface area contributed by atoms with Crippen LogP contribution in [-0.4, -0.2) is 41.4 Å². The van der Waals surface area contributed by atoms with Gasteiger partial charge in [-0.2, -0.15) is 0 Å². The van der Waals surface area contributed by atoms with Gasteiger partial charge in [-0.25, -0.2) is 4.99 Å². The summed E-state index contributed by atoms with van der Waals surface area (Å²) in [5.74, 6) is 0.904. The Kier molecular flexibility index (Phi) is 6.47. The molecule has 3 aliphatic carbocycles. The third-order valence-electron chi connectivity index (χ3n) is 7.53. The molecule has 30 heavy (non-hydrogen) atoms. The van der Waals surface area contributed by atoms with Crippen LogP contribution in [0.15, 0.2) is 40.4 Å². The Morgan fingerprint density at radius 1 is 1.27 bits per heavy atom. The number of hydrogen-bond acceptors (Lipinski definition) is 4. The van der Waals surface area contributed by atoms with Crippen molar-refractivity contribution in [2.75, 3.05) is 7.05 Å². The van der Waals surface area contributed by atoms with Gasteiger partial charge >= 0.3 is 0 Å². The van der Waals surface area contributed by atoms with Crippen LogP contribution in [-0.2, 0) is 4.79 Å². The Balaban J connectivity index is 1.51. The van der Waals surface area contributed by atoms with Crippen LogP contribution in [0.25, 0.3) is 0 Å². The molecule has 164 valence electrons. The van der Waals surface area contributed by atoms with Gasteiger partial charge in [0, 0.05) is 19.1 Å². The van der Waals surface area contributed by atoms with E-state index in [9.17, 15) is 4.79 Å². The maximum Gasteiger partial charge on any atom is 0.261 e. The minimum atomic E-state index is -0.828. The largest absolute Gasteiger partial charge is 0.369 e.